The molecule has 0 saturated carbocycles. The number of hydrogen-bond donors (Lipinski definition) is 0. The van der Waals surface area contributed by atoms with E-state index in [1.165, 1.54) is 0 Å². The number of furan rings is 1. The van der Waals surface area contributed by atoms with Gasteiger partial charge in [0.25, 0.3) is 0 Å². The fourth-order valence-electron chi connectivity index (χ4n) is 1.63. The standard InChI is InChI=1S/C11H10N2O2/c1-6-3-8-10(14-5-6)13-11-9(12-8)4-7(2)15-11/h3-4H,5H2,1-2H3. The summed E-state index contributed by atoms with van der Waals surface area (Å²) < 4.78 is 10.8. The molecule has 0 radical (unpaired) electrons. The monoisotopic (exact) mass is 202 g/mol. The maximum atomic E-state index is 5.45. The first-order valence-electron chi connectivity index (χ1n) is 4.80. The van der Waals surface area contributed by atoms with E-state index in [-0.39, 0.29) is 0 Å². The highest BCUT2D eigenvalue weighted by Crippen LogP contribution is 2.26. The molecule has 0 aliphatic carbocycles. The van der Waals surface area contributed by atoms with Gasteiger partial charge in [0.05, 0.1) is 0 Å². The predicted octanol–water partition coefficient (Wildman–Crippen LogP) is 2.33. The molecule has 1 aliphatic rings. The van der Waals surface area contributed by atoms with Crippen molar-refractivity contribution in [1.82, 2.24) is 9.97 Å². The van der Waals surface area contributed by atoms with E-state index >= 15 is 0 Å². The third-order valence-electron chi connectivity index (χ3n) is 2.30. The molecule has 0 atom stereocenters. The molecule has 0 amide bonds. The van der Waals surface area contributed by atoms with Gasteiger partial charge in [-0.3, -0.25) is 0 Å². The van der Waals surface area contributed by atoms with Crippen LogP contribution in [0.4, 0.5) is 0 Å². The van der Waals surface area contributed by atoms with E-state index < -0.39 is 0 Å². The Labute approximate surface area is 86.6 Å². The number of hydrogen-bond acceptors (Lipinski definition) is 4. The van der Waals surface area contributed by atoms with Gasteiger partial charge in [0.15, 0.2) is 0 Å². The Morgan fingerprint density at radius 1 is 1.27 bits per heavy atom. The zero-order chi connectivity index (χ0) is 10.4. The first kappa shape index (κ1) is 8.47. The van der Waals surface area contributed by atoms with E-state index in [4.69, 9.17) is 9.15 Å². The smallest absolute Gasteiger partial charge is 0.248 e. The molecule has 0 fully saturated rings. The van der Waals surface area contributed by atoms with Crippen molar-refractivity contribution in [2.24, 2.45) is 0 Å². The second-order valence-corrected chi connectivity index (χ2v) is 3.74. The number of rotatable bonds is 0. The molecule has 3 heterocycles. The van der Waals surface area contributed by atoms with Crippen LogP contribution in [-0.4, -0.2) is 16.6 Å². The quantitative estimate of drug-likeness (QED) is 0.657. The lowest BCUT2D eigenvalue weighted by Gasteiger charge is -2.12. The van der Waals surface area contributed by atoms with Gasteiger partial charge in [0.1, 0.15) is 23.6 Å². The van der Waals surface area contributed by atoms with E-state index in [0.29, 0.717) is 18.2 Å². The highest BCUT2D eigenvalue weighted by atomic mass is 16.5. The highest BCUT2D eigenvalue weighted by molar-refractivity contribution is 5.73. The Kier molecular flexibility index (Phi) is 1.59. The summed E-state index contributed by atoms with van der Waals surface area (Å²) in [7, 11) is 0. The van der Waals surface area contributed by atoms with Crippen molar-refractivity contribution in [3.63, 3.8) is 0 Å². The van der Waals surface area contributed by atoms with Crippen LogP contribution in [-0.2, 0) is 0 Å². The van der Waals surface area contributed by atoms with Crippen molar-refractivity contribution >= 4 is 17.3 Å². The molecule has 0 N–H and O–H groups in total. The first-order chi connectivity index (χ1) is 7.22. The summed E-state index contributed by atoms with van der Waals surface area (Å²) in [6.45, 7) is 4.46. The van der Waals surface area contributed by atoms with Crippen LogP contribution in [0.15, 0.2) is 16.1 Å². The van der Waals surface area contributed by atoms with Crippen molar-refractivity contribution in [1.29, 1.82) is 0 Å². The maximum Gasteiger partial charge on any atom is 0.248 e. The second-order valence-electron chi connectivity index (χ2n) is 3.74. The van der Waals surface area contributed by atoms with Gasteiger partial charge >= 0.3 is 0 Å². The minimum Gasteiger partial charge on any atom is -0.472 e. The summed E-state index contributed by atoms with van der Waals surface area (Å²) in [6.07, 6.45) is 1.99. The number of ether oxygens (including phenoxy) is 1. The van der Waals surface area contributed by atoms with Crippen molar-refractivity contribution < 1.29 is 9.15 Å². The Morgan fingerprint density at radius 2 is 2.13 bits per heavy atom. The lowest BCUT2D eigenvalue weighted by molar-refractivity contribution is 0.331. The van der Waals surface area contributed by atoms with Crippen LogP contribution >= 0.6 is 0 Å². The van der Waals surface area contributed by atoms with Crippen molar-refractivity contribution in [2.75, 3.05) is 6.61 Å². The summed E-state index contributed by atoms with van der Waals surface area (Å²) in [4.78, 5) is 8.70. The molecule has 4 heteroatoms. The lowest BCUT2D eigenvalue weighted by atomic mass is 10.2. The third-order valence-corrected chi connectivity index (χ3v) is 2.30. The summed E-state index contributed by atoms with van der Waals surface area (Å²) >= 11 is 0. The number of aromatic nitrogens is 2. The van der Waals surface area contributed by atoms with Crippen LogP contribution in [0.3, 0.4) is 0 Å². The lowest BCUT2D eigenvalue weighted by Crippen LogP contribution is -2.07. The SMILES string of the molecule is CC1=Cc2nc3cc(C)oc3nc2OC1. The molecular formula is C11H10N2O2. The van der Waals surface area contributed by atoms with Crippen LogP contribution < -0.4 is 4.74 Å². The van der Waals surface area contributed by atoms with Crippen molar-refractivity contribution in [3.8, 4) is 5.88 Å². The predicted molar refractivity (Wildman–Crippen MR) is 55.7 cm³/mol. The zero-order valence-electron chi connectivity index (χ0n) is 8.57. The number of fused-ring (bicyclic) bond motifs is 2. The van der Waals surface area contributed by atoms with E-state index in [1.54, 1.807) is 0 Å². The highest BCUT2D eigenvalue weighted by Gasteiger charge is 2.15. The molecule has 2 aromatic rings. The van der Waals surface area contributed by atoms with Gasteiger partial charge in [-0.25, -0.2) is 4.98 Å². The second kappa shape index (κ2) is 2.82. The van der Waals surface area contributed by atoms with Crippen LogP contribution in [0, 0.1) is 6.92 Å². The molecule has 3 rings (SSSR count). The molecular weight excluding hydrogens is 192 g/mol. The summed E-state index contributed by atoms with van der Waals surface area (Å²) in [6, 6.07) is 1.88. The topological polar surface area (TPSA) is 48.2 Å². The van der Waals surface area contributed by atoms with Crippen LogP contribution in [0.25, 0.3) is 17.3 Å². The summed E-state index contributed by atoms with van der Waals surface area (Å²) in [5, 5.41) is 0. The third kappa shape index (κ3) is 1.29. The van der Waals surface area contributed by atoms with Crippen LogP contribution in [0.2, 0.25) is 0 Å². The molecule has 0 bridgehead atoms. The van der Waals surface area contributed by atoms with E-state index in [0.717, 1.165) is 22.5 Å². The Bertz CT molecular complexity index is 569. The Morgan fingerprint density at radius 3 is 3.00 bits per heavy atom. The van der Waals surface area contributed by atoms with Crippen molar-refractivity contribution in [2.45, 2.75) is 13.8 Å². The normalized spacial score (nSPS) is 14.7. The van der Waals surface area contributed by atoms with Gasteiger partial charge in [-0.05, 0) is 25.5 Å². The number of nitrogens with zero attached hydrogens (tertiary/aromatic N) is 2. The first-order valence-corrected chi connectivity index (χ1v) is 4.80. The van der Waals surface area contributed by atoms with Gasteiger partial charge in [0.2, 0.25) is 11.6 Å². The maximum absolute atomic E-state index is 5.45. The number of aryl methyl sites for hydroxylation is 1. The van der Waals surface area contributed by atoms with Gasteiger partial charge in [-0.2, -0.15) is 4.98 Å². The fraction of sp³-hybridized carbons (Fsp3) is 0.273. The van der Waals surface area contributed by atoms with Gasteiger partial charge in [0, 0.05) is 6.07 Å². The fourth-order valence-corrected chi connectivity index (χ4v) is 1.63. The molecule has 0 saturated heterocycles. The van der Waals surface area contributed by atoms with Gasteiger partial charge < -0.3 is 9.15 Å². The van der Waals surface area contributed by atoms with E-state index in [9.17, 15) is 0 Å². The van der Waals surface area contributed by atoms with Crippen molar-refractivity contribution in [3.05, 3.63) is 23.1 Å². The molecule has 0 unspecified atom stereocenters. The molecule has 1 aliphatic heterocycles. The zero-order valence-corrected chi connectivity index (χ0v) is 8.57. The molecule has 0 aromatic carbocycles. The molecule has 0 spiro atoms. The van der Waals surface area contributed by atoms with E-state index in [2.05, 4.69) is 9.97 Å². The van der Waals surface area contributed by atoms with Crippen LogP contribution in [0.1, 0.15) is 18.4 Å². The summed E-state index contributed by atoms with van der Waals surface area (Å²) in [5.41, 5.74) is 3.25. The van der Waals surface area contributed by atoms with Gasteiger partial charge in [-0.1, -0.05) is 0 Å². The minimum absolute atomic E-state index is 0.541. The molecule has 2 aromatic heterocycles. The molecule has 76 valence electrons. The molecule has 15 heavy (non-hydrogen) atoms. The molecule has 4 nitrogen and oxygen atoms in total. The van der Waals surface area contributed by atoms with Crippen LogP contribution in [0.5, 0.6) is 5.88 Å². The van der Waals surface area contributed by atoms with Gasteiger partial charge in [-0.15, -0.1) is 0 Å². The average Bonchev–Trinajstić information content (AvgIpc) is 2.53. The Hall–Kier alpha value is -1.84. The minimum atomic E-state index is 0.541. The Balaban J connectivity index is 2.29. The van der Waals surface area contributed by atoms with E-state index in [1.807, 2.05) is 26.0 Å². The summed E-state index contributed by atoms with van der Waals surface area (Å²) in [5.74, 6) is 1.37. The average molecular weight is 202 g/mol. The largest absolute Gasteiger partial charge is 0.472 e.